The highest BCUT2D eigenvalue weighted by Gasteiger charge is 2.31. The largest absolute Gasteiger partial charge is 0.395 e. The Labute approximate surface area is 134 Å². The predicted octanol–water partition coefficient (Wildman–Crippen LogP) is 3.48. The fraction of sp³-hybridized carbons (Fsp3) is 0.333. The Balaban J connectivity index is 2.30. The summed E-state index contributed by atoms with van der Waals surface area (Å²) in [5.41, 5.74) is 2.73. The molecule has 2 nitrogen and oxygen atoms in total. The van der Waals surface area contributed by atoms with E-state index in [1.165, 1.54) is 5.56 Å². The van der Waals surface area contributed by atoms with E-state index in [0.717, 1.165) is 22.0 Å². The molecule has 2 rings (SSSR count). The monoisotopic (exact) mass is 348 g/mol. The molecule has 0 amide bonds. The fourth-order valence-corrected chi connectivity index (χ4v) is 2.80. The number of halogens is 1. The van der Waals surface area contributed by atoms with Crippen LogP contribution in [0.5, 0.6) is 0 Å². The number of aryl methyl sites for hydroxylation is 1. The van der Waals surface area contributed by atoms with Gasteiger partial charge in [0.05, 0.1) is 13.2 Å². The molecule has 112 valence electrons. The molecular formula is C18H21BrO2. The van der Waals surface area contributed by atoms with Crippen LogP contribution in [0.15, 0.2) is 53.0 Å². The normalized spacial score (nSPS) is 11.6. The van der Waals surface area contributed by atoms with Gasteiger partial charge in [0, 0.05) is 9.89 Å². The van der Waals surface area contributed by atoms with Gasteiger partial charge in [-0.1, -0.05) is 59.3 Å². The van der Waals surface area contributed by atoms with Gasteiger partial charge >= 0.3 is 0 Å². The summed E-state index contributed by atoms with van der Waals surface area (Å²) in [6, 6.07) is 16.2. The lowest BCUT2D eigenvalue weighted by Gasteiger charge is -2.30. The fourth-order valence-electron chi connectivity index (χ4n) is 2.53. The van der Waals surface area contributed by atoms with E-state index in [9.17, 15) is 10.2 Å². The Morgan fingerprint density at radius 1 is 0.857 bits per heavy atom. The van der Waals surface area contributed by atoms with E-state index < -0.39 is 5.41 Å². The van der Waals surface area contributed by atoms with Gasteiger partial charge in [-0.25, -0.2) is 0 Å². The molecule has 21 heavy (non-hydrogen) atoms. The van der Waals surface area contributed by atoms with Crippen molar-refractivity contribution >= 4 is 15.9 Å². The molecule has 0 atom stereocenters. The molecule has 0 saturated heterocycles. The first kappa shape index (κ1) is 16.2. The van der Waals surface area contributed by atoms with E-state index >= 15 is 0 Å². The molecule has 0 radical (unpaired) electrons. The molecule has 0 fully saturated rings. The molecule has 3 heteroatoms. The van der Waals surface area contributed by atoms with Crippen LogP contribution in [0, 0.1) is 0 Å². The van der Waals surface area contributed by atoms with Crippen LogP contribution in [0.25, 0.3) is 0 Å². The SMILES string of the molecule is CCc1ccc(CC(CO)(CO)c2ccc(Br)cc2)cc1. The zero-order chi connectivity index (χ0) is 15.3. The summed E-state index contributed by atoms with van der Waals surface area (Å²) in [5, 5.41) is 19.8. The zero-order valence-electron chi connectivity index (χ0n) is 12.2. The van der Waals surface area contributed by atoms with Gasteiger partial charge in [0.15, 0.2) is 0 Å². The van der Waals surface area contributed by atoms with Crippen molar-refractivity contribution in [2.75, 3.05) is 13.2 Å². The van der Waals surface area contributed by atoms with Crippen molar-refractivity contribution in [3.63, 3.8) is 0 Å². The van der Waals surface area contributed by atoms with Crippen molar-refractivity contribution < 1.29 is 10.2 Å². The molecule has 0 aliphatic carbocycles. The van der Waals surface area contributed by atoms with Crippen LogP contribution in [0.4, 0.5) is 0 Å². The van der Waals surface area contributed by atoms with Gasteiger partial charge in [0.1, 0.15) is 0 Å². The number of aliphatic hydroxyl groups excluding tert-OH is 2. The molecule has 2 N–H and O–H groups in total. The maximum Gasteiger partial charge on any atom is 0.0553 e. The molecule has 0 unspecified atom stereocenters. The van der Waals surface area contributed by atoms with E-state index in [-0.39, 0.29) is 13.2 Å². The first-order valence-electron chi connectivity index (χ1n) is 7.19. The maximum absolute atomic E-state index is 9.89. The minimum absolute atomic E-state index is 0.0827. The van der Waals surface area contributed by atoms with Crippen molar-refractivity contribution in [3.05, 3.63) is 69.7 Å². The van der Waals surface area contributed by atoms with Crippen LogP contribution < -0.4 is 0 Å². The van der Waals surface area contributed by atoms with Gasteiger partial charge < -0.3 is 10.2 Å². The number of hydrogen-bond donors (Lipinski definition) is 2. The molecular weight excluding hydrogens is 328 g/mol. The summed E-state index contributed by atoms with van der Waals surface area (Å²) in [6.07, 6.45) is 1.63. The van der Waals surface area contributed by atoms with E-state index in [2.05, 4.69) is 47.1 Å². The van der Waals surface area contributed by atoms with Crippen LogP contribution in [-0.4, -0.2) is 23.4 Å². The third-order valence-corrected chi connectivity index (χ3v) is 4.56. The van der Waals surface area contributed by atoms with E-state index in [1.54, 1.807) is 0 Å². The van der Waals surface area contributed by atoms with Crippen LogP contribution >= 0.6 is 15.9 Å². The minimum Gasteiger partial charge on any atom is -0.395 e. The van der Waals surface area contributed by atoms with Gasteiger partial charge in [-0.3, -0.25) is 0 Å². The van der Waals surface area contributed by atoms with E-state index in [0.29, 0.717) is 6.42 Å². The first-order valence-corrected chi connectivity index (χ1v) is 7.98. The summed E-state index contributed by atoms with van der Waals surface area (Å²) in [6.45, 7) is 1.96. The van der Waals surface area contributed by atoms with E-state index in [1.807, 2.05) is 24.3 Å². The average molecular weight is 349 g/mol. The van der Waals surface area contributed by atoms with E-state index in [4.69, 9.17) is 0 Å². The minimum atomic E-state index is -0.644. The Bertz CT molecular complexity index is 557. The Kier molecular flexibility index (Phi) is 5.57. The van der Waals surface area contributed by atoms with Gasteiger partial charge in [-0.05, 0) is 41.7 Å². The molecule has 0 aliphatic rings. The summed E-state index contributed by atoms with van der Waals surface area (Å²) >= 11 is 3.41. The standard InChI is InChI=1S/C18H21BrO2/c1-2-14-3-5-15(6-4-14)11-18(12-20,13-21)16-7-9-17(19)10-8-16/h3-10,20-21H,2,11-13H2,1H3. The highest BCUT2D eigenvalue weighted by atomic mass is 79.9. The van der Waals surface area contributed by atoms with Crippen molar-refractivity contribution in [2.45, 2.75) is 25.2 Å². The first-order chi connectivity index (χ1) is 10.1. The number of benzene rings is 2. The van der Waals surface area contributed by atoms with Crippen molar-refractivity contribution in [1.82, 2.24) is 0 Å². The van der Waals surface area contributed by atoms with Gasteiger partial charge in [-0.2, -0.15) is 0 Å². The number of aliphatic hydroxyl groups is 2. The second kappa shape index (κ2) is 7.21. The quantitative estimate of drug-likeness (QED) is 0.838. The lowest BCUT2D eigenvalue weighted by Crippen LogP contribution is -2.37. The van der Waals surface area contributed by atoms with Gasteiger partial charge in [0.25, 0.3) is 0 Å². The highest BCUT2D eigenvalue weighted by Crippen LogP contribution is 2.29. The highest BCUT2D eigenvalue weighted by molar-refractivity contribution is 9.10. The second-order valence-electron chi connectivity index (χ2n) is 5.45. The van der Waals surface area contributed by atoms with Crippen LogP contribution in [0.3, 0.4) is 0 Å². The molecule has 0 bridgehead atoms. The lowest BCUT2D eigenvalue weighted by atomic mass is 9.77. The molecule has 0 spiro atoms. The Morgan fingerprint density at radius 2 is 1.38 bits per heavy atom. The van der Waals surface area contributed by atoms with Crippen LogP contribution in [0.1, 0.15) is 23.6 Å². The van der Waals surface area contributed by atoms with Gasteiger partial charge in [-0.15, -0.1) is 0 Å². The number of hydrogen-bond acceptors (Lipinski definition) is 2. The molecule has 2 aromatic carbocycles. The average Bonchev–Trinajstić information content (AvgIpc) is 2.54. The topological polar surface area (TPSA) is 40.5 Å². The molecule has 2 aromatic rings. The summed E-state index contributed by atoms with van der Waals surface area (Å²) in [5.74, 6) is 0. The van der Waals surface area contributed by atoms with Crippen molar-refractivity contribution in [3.8, 4) is 0 Å². The summed E-state index contributed by atoms with van der Waals surface area (Å²) < 4.78 is 0.989. The Morgan fingerprint density at radius 3 is 1.86 bits per heavy atom. The number of rotatable bonds is 6. The summed E-state index contributed by atoms with van der Waals surface area (Å²) in [7, 11) is 0. The molecule has 0 heterocycles. The second-order valence-corrected chi connectivity index (χ2v) is 6.37. The van der Waals surface area contributed by atoms with Crippen LogP contribution in [0.2, 0.25) is 0 Å². The van der Waals surface area contributed by atoms with Crippen LogP contribution in [-0.2, 0) is 18.3 Å². The van der Waals surface area contributed by atoms with Gasteiger partial charge in [0.2, 0.25) is 0 Å². The molecule has 0 saturated carbocycles. The lowest BCUT2D eigenvalue weighted by molar-refractivity contribution is 0.116. The zero-order valence-corrected chi connectivity index (χ0v) is 13.8. The summed E-state index contributed by atoms with van der Waals surface area (Å²) in [4.78, 5) is 0. The third-order valence-electron chi connectivity index (χ3n) is 4.04. The molecule has 0 aliphatic heterocycles. The smallest absolute Gasteiger partial charge is 0.0553 e. The van der Waals surface area contributed by atoms with Crippen molar-refractivity contribution in [2.24, 2.45) is 0 Å². The maximum atomic E-state index is 9.89. The Hall–Kier alpha value is -1.16. The molecule has 0 aromatic heterocycles. The van der Waals surface area contributed by atoms with Crippen molar-refractivity contribution in [1.29, 1.82) is 0 Å². The predicted molar refractivity (Wildman–Crippen MR) is 89.5 cm³/mol. The third kappa shape index (κ3) is 3.73.